The Balaban J connectivity index is 2.87. The number of alkyl carbamates (subject to hydrolysis) is 1. The van der Waals surface area contributed by atoms with Crippen LogP contribution in [0.4, 0.5) is 9.18 Å². The first-order valence-electron chi connectivity index (χ1n) is 7.92. The van der Waals surface area contributed by atoms with Crippen LogP contribution in [0.5, 0.6) is 0 Å². The normalized spacial score (nSPS) is 23.8. The predicted molar refractivity (Wildman–Crippen MR) is 83.2 cm³/mol. The molecular formula is C16H26FN3O3. The van der Waals surface area contributed by atoms with Crippen molar-refractivity contribution in [3.8, 4) is 6.07 Å². The summed E-state index contributed by atoms with van der Waals surface area (Å²) < 4.78 is 18.7. The van der Waals surface area contributed by atoms with Crippen molar-refractivity contribution in [1.82, 2.24) is 10.2 Å². The zero-order chi connectivity index (χ0) is 17.8. The Bertz CT molecular complexity index is 484. The summed E-state index contributed by atoms with van der Waals surface area (Å²) in [7, 11) is 0. The van der Waals surface area contributed by atoms with Gasteiger partial charge in [-0.3, -0.25) is 4.79 Å². The first-order valence-corrected chi connectivity index (χ1v) is 7.92. The van der Waals surface area contributed by atoms with E-state index < -0.39 is 35.9 Å². The molecule has 1 aliphatic rings. The van der Waals surface area contributed by atoms with E-state index in [4.69, 9.17) is 10.00 Å². The number of amides is 2. The molecule has 0 aromatic carbocycles. The molecule has 6 nitrogen and oxygen atoms in total. The van der Waals surface area contributed by atoms with Gasteiger partial charge in [-0.1, -0.05) is 20.3 Å². The van der Waals surface area contributed by atoms with E-state index in [1.165, 1.54) is 4.90 Å². The number of nitrogens with one attached hydrogen (secondary N) is 1. The molecule has 0 spiro atoms. The van der Waals surface area contributed by atoms with Gasteiger partial charge in [-0.25, -0.2) is 9.18 Å². The number of nitriles is 1. The number of carbonyl (C=O) groups is 2. The minimum absolute atomic E-state index is 0.0158. The molecule has 0 aromatic rings. The minimum Gasteiger partial charge on any atom is -0.444 e. The maximum atomic E-state index is 13.5. The summed E-state index contributed by atoms with van der Waals surface area (Å²) in [5, 5.41) is 11.7. The molecule has 0 aliphatic carbocycles. The van der Waals surface area contributed by atoms with Crippen molar-refractivity contribution in [2.75, 3.05) is 6.54 Å². The second-order valence-corrected chi connectivity index (χ2v) is 6.98. The van der Waals surface area contributed by atoms with Gasteiger partial charge in [0.1, 0.15) is 23.9 Å². The minimum atomic E-state index is -1.21. The summed E-state index contributed by atoms with van der Waals surface area (Å²) in [5.74, 6) is -0.593. The highest BCUT2D eigenvalue weighted by atomic mass is 19.1. The highest BCUT2D eigenvalue weighted by molar-refractivity contribution is 5.86. The fourth-order valence-electron chi connectivity index (χ4n) is 2.45. The summed E-state index contributed by atoms with van der Waals surface area (Å²) in [5.41, 5.74) is -0.681. The number of nitrogens with zero attached hydrogens (tertiary/aromatic N) is 2. The molecule has 0 aromatic heterocycles. The molecule has 4 atom stereocenters. The largest absolute Gasteiger partial charge is 0.444 e. The van der Waals surface area contributed by atoms with Gasteiger partial charge in [0.15, 0.2) is 0 Å². The first-order chi connectivity index (χ1) is 10.6. The predicted octanol–water partition coefficient (Wildman–Crippen LogP) is 2.39. The Morgan fingerprint density at radius 3 is 2.57 bits per heavy atom. The Labute approximate surface area is 137 Å². The Morgan fingerprint density at radius 1 is 1.48 bits per heavy atom. The third kappa shape index (κ3) is 5.38. The number of carbonyl (C=O) groups excluding carboxylic acids is 2. The van der Waals surface area contributed by atoms with Gasteiger partial charge in [-0.05, 0) is 26.7 Å². The molecule has 23 heavy (non-hydrogen) atoms. The van der Waals surface area contributed by atoms with Gasteiger partial charge in [-0.15, -0.1) is 0 Å². The quantitative estimate of drug-likeness (QED) is 0.859. The van der Waals surface area contributed by atoms with Crippen LogP contribution in [0.2, 0.25) is 0 Å². The molecule has 0 unspecified atom stereocenters. The highest BCUT2D eigenvalue weighted by Gasteiger charge is 2.40. The molecule has 1 N–H and O–H groups in total. The van der Waals surface area contributed by atoms with Crippen LogP contribution in [-0.4, -0.2) is 47.3 Å². The van der Waals surface area contributed by atoms with Gasteiger partial charge in [0, 0.05) is 6.42 Å². The lowest BCUT2D eigenvalue weighted by Gasteiger charge is -2.30. The summed E-state index contributed by atoms with van der Waals surface area (Å²) >= 11 is 0. The molecule has 130 valence electrons. The molecule has 0 saturated carbocycles. The lowest BCUT2D eigenvalue weighted by atomic mass is 9.97. The van der Waals surface area contributed by atoms with Gasteiger partial charge in [0.2, 0.25) is 5.91 Å². The fraction of sp³-hybridized carbons (Fsp3) is 0.812. The maximum absolute atomic E-state index is 13.5. The maximum Gasteiger partial charge on any atom is 0.408 e. The number of ether oxygens (including phenoxy) is 1. The Hall–Kier alpha value is -1.84. The number of halogens is 1. The van der Waals surface area contributed by atoms with Crippen LogP contribution in [0.3, 0.4) is 0 Å². The number of alkyl halides is 1. The summed E-state index contributed by atoms with van der Waals surface area (Å²) in [6.07, 6.45) is -1.23. The molecule has 1 aliphatic heterocycles. The van der Waals surface area contributed by atoms with Gasteiger partial charge in [0.25, 0.3) is 0 Å². The second-order valence-electron chi connectivity index (χ2n) is 6.98. The molecule has 7 heteroatoms. The molecule has 0 radical (unpaired) electrons. The van der Waals surface area contributed by atoms with E-state index in [-0.39, 0.29) is 18.9 Å². The topological polar surface area (TPSA) is 82.4 Å². The van der Waals surface area contributed by atoms with Gasteiger partial charge in [-0.2, -0.15) is 5.26 Å². The standard InChI is InChI=1S/C16H26FN3O3/c1-6-10(2)13(19-15(22)23-16(3,4)5)14(21)20-9-11(17)7-12(20)8-18/h10-13H,6-7,9H2,1-5H3,(H,19,22)/t10-,11-,12-,13-/m0/s1. The molecule has 1 saturated heterocycles. The molecular weight excluding hydrogens is 301 g/mol. The van der Waals surface area contributed by atoms with E-state index in [9.17, 15) is 14.0 Å². The average Bonchev–Trinajstić information content (AvgIpc) is 2.82. The van der Waals surface area contributed by atoms with Crippen molar-refractivity contribution in [2.24, 2.45) is 5.92 Å². The van der Waals surface area contributed by atoms with Crippen LogP contribution >= 0.6 is 0 Å². The van der Waals surface area contributed by atoms with Crippen molar-refractivity contribution >= 4 is 12.0 Å². The number of hydrogen-bond acceptors (Lipinski definition) is 4. The third-order valence-corrected chi connectivity index (χ3v) is 3.83. The van der Waals surface area contributed by atoms with E-state index in [1.54, 1.807) is 20.8 Å². The lowest BCUT2D eigenvalue weighted by Crippen LogP contribution is -2.53. The second kappa shape index (κ2) is 7.62. The van der Waals surface area contributed by atoms with Crippen LogP contribution in [-0.2, 0) is 9.53 Å². The molecule has 0 bridgehead atoms. The van der Waals surface area contributed by atoms with Crippen molar-refractivity contribution in [3.05, 3.63) is 0 Å². The average molecular weight is 327 g/mol. The van der Waals surface area contributed by atoms with Crippen LogP contribution in [0, 0.1) is 17.2 Å². The smallest absolute Gasteiger partial charge is 0.408 e. The van der Waals surface area contributed by atoms with Gasteiger partial charge < -0.3 is 15.0 Å². The zero-order valence-electron chi connectivity index (χ0n) is 14.4. The molecule has 2 amide bonds. The fourth-order valence-corrected chi connectivity index (χ4v) is 2.45. The van der Waals surface area contributed by atoms with Crippen LogP contribution in [0.1, 0.15) is 47.5 Å². The Morgan fingerprint density at radius 2 is 2.09 bits per heavy atom. The van der Waals surface area contributed by atoms with E-state index in [0.29, 0.717) is 6.42 Å². The zero-order valence-corrected chi connectivity index (χ0v) is 14.4. The Kier molecular flexibility index (Phi) is 6.37. The molecule has 1 fully saturated rings. The third-order valence-electron chi connectivity index (χ3n) is 3.83. The van der Waals surface area contributed by atoms with Crippen LogP contribution in [0.15, 0.2) is 0 Å². The van der Waals surface area contributed by atoms with Crippen molar-refractivity contribution in [2.45, 2.75) is 71.3 Å². The SMILES string of the molecule is CC[C@H](C)[C@H](NC(=O)OC(C)(C)C)C(=O)N1C[C@@H](F)C[C@H]1C#N. The van der Waals surface area contributed by atoms with Crippen molar-refractivity contribution in [3.63, 3.8) is 0 Å². The molecule has 1 rings (SSSR count). The first kappa shape index (κ1) is 19.2. The van der Waals surface area contributed by atoms with Crippen LogP contribution < -0.4 is 5.32 Å². The number of hydrogen-bond donors (Lipinski definition) is 1. The van der Waals surface area contributed by atoms with E-state index in [1.807, 2.05) is 19.9 Å². The summed E-state index contributed by atoms with van der Waals surface area (Å²) in [6, 6.07) is 0.325. The van der Waals surface area contributed by atoms with Crippen LogP contribution in [0.25, 0.3) is 0 Å². The monoisotopic (exact) mass is 327 g/mol. The lowest BCUT2D eigenvalue weighted by molar-refractivity contribution is -0.135. The van der Waals surface area contributed by atoms with Crippen molar-refractivity contribution in [1.29, 1.82) is 5.26 Å². The molecule has 1 heterocycles. The number of likely N-dealkylation sites (tertiary alicyclic amines) is 1. The number of rotatable bonds is 4. The van der Waals surface area contributed by atoms with E-state index >= 15 is 0 Å². The highest BCUT2D eigenvalue weighted by Crippen LogP contribution is 2.23. The van der Waals surface area contributed by atoms with Crippen molar-refractivity contribution < 1.29 is 18.7 Å². The van der Waals surface area contributed by atoms with E-state index in [2.05, 4.69) is 5.32 Å². The van der Waals surface area contributed by atoms with E-state index in [0.717, 1.165) is 0 Å². The van der Waals surface area contributed by atoms with Gasteiger partial charge in [0.05, 0.1) is 12.6 Å². The summed E-state index contributed by atoms with van der Waals surface area (Å²) in [4.78, 5) is 25.9. The van der Waals surface area contributed by atoms with Gasteiger partial charge >= 0.3 is 6.09 Å². The summed E-state index contributed by atoms with van der Waals surface area (Å²) in [6.45, 7) is 8.79.